The summed E-state index contributed by atoms with van der Waals surface area (Å²) in [6, 6.07) is 14.5. The van der Waals surface area contributed by atoms with Crippen molar-refractivity contribution in [2.75, 3.05) is 33.2 Å². The van der Waals surface area contributed by atoms with E-state index in [0.29, 0.717) is 0 Å². The SMILES string of the molecule is CN1CCCN(C(=O)/C=C/c2cccc3ccccc23)CC1. The number of likely N-dealkylation sites (N-methyl/N-ethyl adjacent to an activating group) is 1. The standard InChI is InChI=1S/C19H22N2O/c1-20-12-5-13-21(15-14-20)19(22)11-10-17-8-4-7-16-6-2-3-9-18(16)17/h2-4,6-11H,5,12-15H2,1H3/b11-10+. The van der Waals surface area contributed by atoms with Crippen LogP contribution in [-0.2, 0) is 4.79 Å². The lowest BCUT2D eigenvalue weighted by molar-refractivity contribution is -0.125. The Hall–Kier alpha value is -2.13. The normalized spacial score (nSPS) is 17.0. The third-order valence-corrected chi connectivity index (χ3v) is 4.26. The summed E-state index contributed by atoms with van der Waals surface area (Å²) >= 11 is 0. The molecule has 1 aliphatic heterocycles. The van der Waals surface area contributed by atoms with Crippen LogP contribution in [0.2, 0.25) is 0 Å². The molecule has 0 bridgehead atoms. The molecule has 0 saturated carbocycles. The first kappa shape index (κ1) is 14.8. The van der Waals surface area contributed by atoms with Crippen LogP contribution >= 0.6 is 0 Å². The summed E-state index contributed by atoms with van der Waals surface area (Å²) in [4.78, 5) is 16.6. The van der Waals surface area contributed by atoms with Crippen LogP contribution < -0.4 is 0 Å². The molecule has 1 aliphatic rings. The van der Waals surface area contributed by atoms with E-state index < -0.39 is 0 Å². The van der Waals surface area contributed by atoms with Crippen LogP contribution in [-0.4, -0.2) is 48.9 Å². The third-order valence-electron chi connectivity index (χ3n) is 4.26. The van der Waals surface area contributed by atoms with Crippen LogP contribution in [0.1, 0.15) is 12.0 Å². The monoisotopic (exact) mass is 294 g/mol. The Kier molecular flexibility index (Phi) is 4.54. The molecule has 1 amide bonds. The maximum absolute atomic E-state index is 12.4. The van der Waals surface area contributed by atoms with Gasteiger partial charge in [-0.3, -0.25) is 4.79 Å². The molecule has 0 N–H and O–H groups in total. The first-order chi connectivity index (χ1) is 10.7. The van der Waals surface area contributed by atoms with E-state index >= 15 is 0 Å². The van der Waals surface area contributed by atoms with Gasteiger partial charge in [-0.25, -0.2) is 0 Å². The van der Waals surface area contributed by atoms with Gasteiger partial charge >= 0.3 is 0 Å². The minimum Gasteiger partial charge on any atom is -0.338 e. The van der Waals surface area contributed by atoms with Crippen molar-refractivity contribution in [2.45, 2.75) is 6.42 Å². The van der Waals surface area contributed by atoms with E-state index in [1.54, 1.807) is 6.08 Å². The number of carbonyl (C=O) groups excluding carboxylic acids is 1. The number of fused-ring (bicyclic) bond motifs is 1. The lowest BCUT2D eigenvalue weighted by atomic mass is 10.0. The average molecular weight is 294 g/mol. The number of nitrogens with zero attached hydrogens (tertiary/aromatic N) is 2. The zero-order chi connectivity index (χ0) is 15.4. The lowest BCUT2D eigenvalue weighted by Gasteiger charge is -2.18. The van der Waals surface area contributed by atoms with Crippen molar-refractivity contribution >= 4 is 22.8 Å². The highest BCUT2D eigenvalue weighted by Gasteiger charge is 2.15. The van der Waals surface area contributed by atoms with Crippen molar-refractivity contribution in [3.63, 3.8) is 0 Å². The van der Waals surface area contributed by atoms with Gasteiger partial charge in [-0.1, -0.05) is 42.5 Å². The van der Waals surface area contributed by atoms with Crippen LogP contribution in [0.5, 0.6) is 0 Å². The fourth-order valence-corrected chi connectivity index (χ4v) is 2.93. The smallest absolute Gasteiger partial charge is 0.246 e. The zero-order valence-electron chi connectivity index (χ0n) is 13.0. The molecule has 0 unspecified atom stereocenters. The van der Waals surface area contributed by atoms with Gasteiger partial charge in [0.25, 0.3) is 0 Å². The Morgan fingerprint density at radius 2 is 1.82 bits per heavy atom. The Labute approximate surface area is 131 Å². The molecule has 0 spiro atoms. The highest BCUT2D eigenvalue weighted by Crippen LogP contribution is 2.19. The molecular weight excluding hydrogens is 272 g/mol. The van der Waals surface area contributed by atoms with Gasteiger partial charge < -0.3 is 9.80 Å². The van der Waals surface area contributed by atoms with E-state index in [9.17, 15) is 4.79 Å². The maximum atomic E-state index is 12.4. The molecule has 3 heteroatoms. The van der Waals surface area contributed by atoms with E-state index in [1.807, 2.05) is 29.2 Å². The molecule has 3 nitrogen and oxygen atoms in total. The molecule has 1 heterocycles. The molecule has 0 atom stereocenters. The van der Waals surface area contributed by atoms with Crippen LogP contribution in [0, 0.1) is 0 Å². The van der Waals surface area contributed by atoms with E-state index in [1.165, 1.54) is 10.8 Å². The highest BCUT2D eigenvalue weighted by molar-refractivity contribution is 5.96. The van der Waals surface area contributed by atoms with Crippen molar-refractivity contribution in [2.24, 2.45) is 0 Å². The topological polar surface area (TPSA) is 23.6 Å². The van der Waals surface area contributed by atoms with Crippen LogP contribution in [0.4, 0.5) is 0 Å². The first-order valence-electron chi connectivity index (χ1n) is 7.87. The Morgan fingerprint density at radius 1 is 1.00 bits per heavy atom. The molecule has 114 valence electrons. The van der Waals surface area contributed by atoms with Crippen molar-refractivity contribution in [1.29, 1.82) is 0 Å². The Bertz CT molecular complexity index is 687. The molecule has 1 saturated heterocycles. The van der Waals surface area contributed by atoms with Crippen molar-refractivity contribution in [3.05, 3.63) is 54.1 Å². The fourth-order valence-electron chi connectivity index (χ4n) is 2.93. The molecule has 0 radical (unpaired) electrons. The van der Waals surface area contributed by atoms with E-state index in [-0.39, 0.29) is 5.91 Å². The van der Waals surface area contributed by atoms with Gasteiger partial charge in [-0.05, 0) is 42.4 Å². The molecular formula is C19H22N2O. The Balaban J connectivity index is 1.76. The zero-order valence-corrected chi connectivity index (χ0v) is 13.0. The van der Waals surface area contributed by atoms with Gasteiger partial charge in [0, 0.05) is 25.7 Å². The van der Waals surface area contributed by atoms with Crippen molar-refractivity contribution in [1.82, 2.24) is 9.80 Å². The van der Waals surface area contributed by atoms with Crippen LogP contribution in [0.3, 0.4) is 0 Å². The quantitative estimate of drug-likeness (QED) is 0.795. The number of rotatable bonds is 2. The second-order valence-electron chi connectivity index (χ2n) is 5.88. The van der Waals surface area contributed by atoms with Crippen molar-refractivity contribution in [3.8, 4) is 0 Å². The van der Waals surface area contributed by atoms with Gasteiger partial charge in [0.15, 0.2) is 0 Å². The molecule has 0 aromatic heterocycles. The minimum atomic E-state index is 0.114. The fraction of sp³-hybridized carbons (Fsp3) is 0.316. The van der Waals surface area contributed by atoms with Gasteiger partial charge in [0.1, 0.15) is 0 Å². The number of amides is 1. The van der Waals surface area contributed by atoms with Gasteiger partial charge in [-0.2, -0.15) is 0 Å². The number of hydrogen-bond donors (Lipinski definition) is 0. The highest BCUT2D eigenvalue weighted by atomic mass is 16.2. The van der Waals surface area contributed by atoms with Crippen molar-refractivity contribution < 1.29 is 4.79 Å². The van der Waals surface area contributed by atoms with E-state index in [0.717, 1.165) is 38.2 Å². The minimum absolute atomic E-state index is 0.114. The summed E-state index contributed by atoms with van der Waals surface area (Å²) in [7, 11) is 2.11. The molecule has 2 aromatic carbocycles. The first-order valence-corrected chi connectivity index (χ1v) is 7.87. The molecule has 22 heavy (non-hydrogen) atoms. The van der Waals surface area contributed by atoms with Gasteiger partial charge in [-0.15, -0.1) is 0 Å². The summed E-state index contributed by atoms with van der Waals surface area (Å²) in [5, 5.41) is 2.39. The molecule has 3 rings (SSSR count). The van der Waals surface area contributed by atoms with Crippen LogP contribution in [0.15, 0.2) is 48.5 Å². The lowest BCUT2D eigenvalue weighted by Crippen LogP contribution is -2.33. The predicted octanol–water partition coefficient (Wildman–Crippen LogP) is 3.02. The molecule has 2 aromatic rings. The number of benzene rings is 2. The second kappa shape index (κ2) is 6.75. The van der Waals surface area contributed by atoms with Gasteiger partial charge in [0.05, 0.1) is 0 Å². The van der Waals surface area contributed by atoms with Gasteiger partial charge in [0.2, 0.25) is 5.91 Å². The summed E-state index contributed by atoms with van der Waals surface area (Å²) in [6.45, 7) is 3.68. The Morgan fingerprint density at radius 3 is 2.73 bits per heavy atom. The summed E-state index contributed by atoms with van der Waals surface area (Å²) in [5.41, 5.74) is 1.10. The molecule has 1 fully saturated rings. The third kappa shape index (κ3) is 3.37. The maximum Gasteiger partial charge on any atom is 0.246 e. The predicted molar refractivity (Wildman–Crippen MR) is 91.7 cm³/mol. The van der Waals surface area contributed by atoms with E-state index in [2.05, 4.69) is 36.2 Å². The largest absolute Gasteiger partial charge is 0.338 e. The average Bonchev–Trinajstić information content (AvgIpc) is 2.77. The number of hydrogen-bond acceptors (Lipinski definition) is 2. The second-order valence-corrected chi connectivity index (χ2v) is 5.88. The summed E-state index contributed by atoms with van der Waals surface area (Å²) in [6.07, 6.45) is 4.71. The number of carbonyl (C=O) groups is 1. The molecule has 0 aliphatic carbocycles. The summed E-state index contributed by atoms with van der Waals surface area (Å²) < 4.78 is 0. The van der Waals surface area contributed by atoms with Crippen LogP contribution in [0.25, 0.3) is 16.8 Å². The summed E-state index contributed by atoms with van der Waals surface area (Å²) in [5.74, 6) is 0.114. The van der Waals surface area contributed by atoms with E-state index in [4.69, 9.17) is 0 Å².